The molecule has 0 atom stereocenters. The number of carbonyl (C=O) groups is 1. The third-order valence-electron chi connectivity index (χ3n) is 3.99. The SMILES string of the molecule is CCOc1ccc(-n2c(C)cc(-c3csc(CC(N)=O)n3)c2C)cc1.Cl. The Labute approximate surface area is 163 Å². The van der Waals surface area contributed by atoms with Gasteiger partial charge in [0.05, 0.1) is 18.7 Å². The predicted molar refractivity (Wildman–Crippen MR) is 108 cm³/mol. The lowest BCUT2D eigenvalue weighted by Gasteiger charge is -2.11. The predicted octanol–water partition coefficient (Wildman–Crippen LogP) is 4.07. The molecule has 0 aliphatic heterocycles. The molecule has 3 aromatic rings. The molecular weight excluding hydrogens is 370 g/mol. The average molecular weight is 392 g/mol. The second-order valence-corrected chi connectivity index (χ2v) is 6.76. The van der Waals surface area contributed by atoms with Gasteiger partial charge in [-0.3, -0.25) is 4.79 Å². The van der Waals surface area contributed by atoms with E-state index in [-0.39, 0.29) is 24.7 Å². The molecule has 5 nitrogen and oxygen atoms in total. The summed E-state index contributed by atoms with van der Waals surface area (Å²) in [7, 11) is 0. The Morgan fingerprint density at radius 3 is 2.58 bits per heavy atom. The largest absolute Gasteiger partial charge is 0.494 e. The highest BCUT2D eigenvalue weighted by Gasteiger charge is 2.15. The molecule has 2 heterocycles. The van der Waals surface area contributed by atoms with E-state index in [1.807, 2.05) is 36.6 Å². The molecule has 2 N–H and O–H groups in total. The number of primary amides is 1. The minimum absolute atomic E-state index is 0. The number of hydrogen-bond acceptors (Lipinski definition) is 4. The first-order valence-electron chi connectivity index (χ1n) is 8.15. The number of rotatable bonds is 6. The van der Waals surface area contributed by atoms with Gasteiger partial charge in [0.15, 0.2) is 0 Å². The van der Waals surface area contributed by atoms with Crippen molar-refractivity contribution in [3.05, 3.63) is 52.1 Å². The molecule has 0 spiro atoms. The summed E-state index contributed by atoms with van der Waals surface area (Å²) in [5.41, 5.74) is 10.5. The van der Waals surface area contributed by atoms with Crippen molar-refractivity contribution in [2.75, 3.05) is 6.61 Å². The fraction of sp³-hybridized carbons (Fsp3) is 0.263. The molecule has 0 bridgehead atoms. The summed E-state index contributed by atoms with van der Waals surface area (Å²) in [6, 6.07) is 10.2. The summed E-state index contributed by atoms with van der Waals surface area (Å²) in [5, 5.41) is 2.72. The molecule has 0 aliphatic rings. The Bertz CT molecular complexity index is 900. The Balaban J connectivity index is 0.00000243. The summed E-state index contributed by atoms with van der Waals surface area (Å²) < 4.78 is 7.70. The number of hydrogen-bond donors (Lipinski definition) is 1. The number of amides is 1. The van der Waals surface area contributed by atoms with Crippen LogP contribution in [0.3, 0.4) is 0 Å². The average Bonchev–Trinajstić information content (AvgIpc) is 3.13. The van der Waals surface area contributed by atoms with E-state index in [9.17, 15) is 4.79 Å². The Morgan fingerprint density at radius 1 is 1.27 bits per heavy atom. The van der Waals surface area contributed by atoms with Gasteiger partial charge in [-0.15, -0.1) is 23.7 Å². The highest BCUT2D eigenvalue weighted by Crippen LogP contribution is 2.30. The zero-order chi connectivity index (χ0) is 18.0. The highest BCUT2D eigenvalue weighted by atomic mass is 35.5. The maximum atomic E-state index is 11.1. The first-order chi connectivity index (χ1) is 12.0. The van der Waals surface area contributed by atoms with Gasteiger partial charge in [-0.1, -0.05) is 0 Å². The minimum atomic E-state index is -0.360. The summed E-state index contributed by atoms with van der Waals surface area (Å²) in [5.74, 6) is 0.505. The second-order valence-electron chi connectivity index (χ2n) is 5.82. The van der Waals surface area contributed by atoms with Crippen molar-refractivity contribution in [3.63, 3.8) is 0 Å². The van der Waals surface area contributed by atoms with Gasteiger partial charge < -0.3 is 15.0 Å². The van der Waals surface area contributed by atoms with Gasteiger partial charge in [0, 0.05) is 28.0 Å². The van der Waals surface area contributed by atoms with Crippen LogP contribution in [-0.4, -0.2) is 22.1 Å². The Kier molecular flexibility index (Phi) is 6.45. The molecule has 0 aliphatic carbocycles. The van der Waals surface area contributed by atoms with Crippen molar-refractivity contribution in [1.82, 2.24) is 9.55 Å². The molecule has 0 saturated carbocycles. The number of nitrogens with two attached hydrogens (primary N) is 1. The van der Waals surface area contributed by atoms with Crippen LogP contribution in [0, 0.1) is 13.8 Å². The quantitative estimate of drug-likeness (QED) is 0.688. The number of thiazole rings is 1. The highest BCUT2D eigenvalue weighted by molar-refractivity contribution is 7.10. The van der Waals surface area contributed by atoms with E-state index in [4.69, 9.17) is 10.5 Å². The van der Waals surface area contributed by atoms with Crippen molar-refractivity contribution in [2.45, 2.75) is 27.2 Å². The van der Waals surface area contributed by atoms with Crippen molar-refractivity contribution in [3.8, 4) is 22.7 Å². The lowest BCUT2D eigenvalue weighted by Crippen LogP contribution is -2.13. The zero-order valence-electron chi connectivity index (χ0n) is 15.0. The van der Waals surface area contributed by atoms with Gasteiger partial charge in [0.25, 0.3) is 0 Å². The fourth-order valence-electron chi connectivity index (χ4n) is 2.94. The normalized spacial score (nSPS) is 10.4. The molecule has 138 valence electrons. The van der Waals surface area contributed by atoms with Crippen LogP contribution in [-0.2, 0) is 11.2 Å². The third kappa shape index (κ3) is 4.08. The van der Waals surface area contributed by atoms with Gasteiger partial charge in [0.1, 0.15) is 10.8 Å². The van der Waals surface area contributed by atoms with Crippen LogP contribution in [0.4, 0.5) is 0 Å². The van der Waals surface area contributed by atoms with Crippen molar-refractivity contribution < 1.29 is 9.53 Å². The van der Waals surface area contributed by atoms with E-state index < -0.39 is 0 Å². The monoisotopic (exact) mass is 391 g/mol. The Morgan fingerprint density at radius 2 is 1.96 bits per heavy atom. The van der Waals surface area contributed by atoms with Gasteiger partial charge >= 0.3 is 0 Å². The van der Waals surface area contributed by atoms with Crippen molar-refractivity contribution in [1.29, 1.82) is 0 Å². The number of aromatic nitrogens is 2. The first-order valence-corrected chi connectivity index (χ1v) is 9.02. The summed E-state index contributed by atoms with van der Waals surface area (Å²) >= 11 is 1.46. The number of carbonyl (C=O) groups excluding carboxylic acids is 1. The smallest absolute Gasteiger partial charge is 0.224 e. The topological polar surface area (TPSA) is 70.1 Å². The molecular formula is C19H22ClN3O2S. The van der Waals surface area contributed by atoms with Crippen molar-refractivity contribution in [2.24, 2.45) is 5.73 Å². The molecule has 0 radical (unpaired) electrons. The maximum Gasteiger partial charge on any atom is 0.224 e. The lowest BCUT2D eigenvalue weighted by atomic mass is 10.2. The van der Waals surface area contributed by atoms with Gasteiger partial charge in [-0.05, 0) is 51.1 Å². The maximum absolute atomic E-state index is 11.1. The van der Waals surface area contributed by atoms with E-state index in [1.165, 1.54) is 11.3 Å². The summed E-state index contributed by atoms with van der Waals surface area (Å²) in [6.07, 6.45) is 0.183. The number of halogens is 1. The molecule has 0 fully saturated rings. The van der Waals surface area contributed by atoms with Crippen LogP contribution in [0.5, 0.6) is 5.75 Å². The van der Waals surface area contributed by atoms with E-state index in [0.29, 0.717) is 6.61 Å². The molecule has 26 heavy (non-hydrogen) atoms. The van der Waals surface area contributed by atoms with Crippen LogP contribution in [0.1, 0.15) is 23.3 Å². The molecule has 1 aromatic carbocycles. The number of benzene rings is 1. The zero-order valence-corrected chi connectivity index (χ0v) is 16.6. The van der Waals surface area contributed by atoms with E-state index >= 15 is 0 Å². The van der Waals surface area contributed by atoms with E-state index in [0.717, 1.165) is 39.1 Å². The molecule has 7 heteroatoms. The number of nitrogens with zero attached hydrogens (tertiary/aromatic N) is 2. The molecule has 0 unspecified atom stereocenters. The van der Waals surface area contributed by atoms with Gasteiger partial charge in [-0.2, -0.15) is 0 Å². The summed E-state index contributed by atoms with van der Waals surface area (Å²) in [6.45, 7) is 6.78. The van der Waals surface area contributed by atoms with Crippen LogP contribution in [0.2, 0.25) is 0 Å². The molecule has 3 rings (SSSR count). The minimum Gasteiger partial charge on any atom is -0.494 e. The van der Waals surface area contributed by atoms with Gasteiger partial charge in [0.2, 0.25) is 5.91 Å². The van der Waals surface area contributed by atoms with Crippen LogP contribution in [0.15, 0.2) is 35.7 Å². The molecule has 0 saturated heterocycles. The second kappa shape index (κ2) is 8.38. The van der Waals surface area contributed by atoms with E-state index in [2.05, 4.69) is 29.5 Å². The van der Waals surface area contributed by atoms with Crippen molar-refractivity contribution >= 4 is 29.7 Å². The fourth-order valence-corrected chi connectivity index (χ4v) is 3.75. The lowest BCUT2D eigenvalue weighted by molar-refractivity contribution is -0.117. The molecule has 1 amide bonds. The third-order valence-corrected chi connectivity index (χ3v) is 4.84. The standard InChI is InChI=1S/C19H21N3O2S.ClH/c1-4-24-15-7-5-14(6-8-15)22-12(2)9-16(13(22)3)17-11-25-19(21-17)10-18(20)23;/h5-9,11H,4,10H2,1-3H3,(H2,20,23);1H. The van der Waals surface area contributed by atoms with Crippen LogP contribution in [0.25, 0.3) is 16.9 Å². The van der Waals surface area contributed by atoms with E-state index in [1.54, 1.807) is 0 Å². The molecule has 2 aromatic heterocycles. The number of aryl methyl sites for hydroxylation is 1. The van der Waals surface area contributed by atoms with Gasteiger partial charge in [-0.25, -0.2) is 4.98 Å². The Hall–Kier alpha value is -2.31. The number of ether oxygens (including phenoxy) is 1. The van der Waals surface area contributed by atoms with Crippen LogP contribution >= 0.6 is 23.7 Å². The van der Waals surface area contributed by atoms with Crippen LogP contribution < -0.4 is 10.5 Å². The first kappa shape index (κ1) is 20.0. The summed E-state index contributed by atoms with van der Waals surface area (Å²) in [4.78, 5) is 15.6.